The number of nitrogens with zero attached hydrogens (tertiary/aromatic N) is 2. The van der Waals surface area contributed by atoms with Crippen LogP contribution >= 0.6 is 23.7 Å². The lowest BCUT2D eigenvalue weighted by molar-refractivity contribution is 0.0992. The summed E-state index contributed by atoms with van der Waals surface area (Å²) in [6, 6.07) is 16.5. The maximum absolute atomic E-state index is 12.6. The van der Waals surface area contributed by atoms with Gasteiger partial charge in [-0.05, 0) is 53.8 Å². The molecule has 0 radical (unpaired) electrons. The van der Waals surface area contributed by atoms with Crippen molar-refractivity contribution >= 4 is 29.5 Å². The van der Waals surface area contributed by atoms with Crippen LogP contribution in [-0.4, -0.2) is 15.8 Å². The molecule has 3 nitrogen and oxygen atoms in total. The van der Waals surface area contributed by atoms with Crippen LogP contribution in [0.1, 0.15) is 28.5 Å². The number of carbonyl (C=O) groups is 1. The highest BCUT2D eigenvalue weighted by Gasteiger charge is 2.11. The molecule has 0 amide bonds. The number of hydrogen-bond donors (Lipinski definition) is 0. The van der Waals surface area contributed by atoms with Crippen LogP contribution < -0.4 is 0 Å². The fraction of sp³-hybridized carbons (Fsp3) is 0.125. The summed E-state index contributed by atoms with van der Waals surface area (Å²) >= 11 is 1.64. The van der Waals surface area contributed by atoms with Crippen molar-refractivity contribution in [3.63, 3.8) is 0 Å². The first-order valence-corrected chi connectivity index (χ1v) is 10.0. The Morgan fingerprint density at radius 2 is 1.72 bits per heavy atom. The quantitative estimate of drug-likeness (QED) is 0.348. The molecule has 0 bridgehead atoms. The van der Waals surface area contributed by atoms with E-state index in [1.165, 1.54) is 11.1 Å². The van der Waals surface area contributed by atoms with E-state index in [-0.39, 0.29) is 19.6 Å². The highest BCUT2D eigenvalue weighted by atomic mass is 35.5. The van der Waals surface area contributed by atoms with Gasteiger partial charge in [0.15, 0.2) is 5.78 Å². The highest BCUT2D eigenvalue weighted by Crippen LogP contribution is 2.30. The summed E-state index contributed by atoms with van der Waals surface area (Å²) in [4.78, 5) is 21.1. The van der Waals surface area contributed by atoms with Crippen molar-refractivity contribution in [1.82, 2.24) is 9.97 Å². The molecule has 0 saturated heterocycles. The summed E-state index contributed by atoms with van der Waals surface area (Å²) < 4.78 is 0. The number of rotatable bonds is 5. The maximum Gasteiger partial charge on any atom is 0.167 e. The molecule has 2 aromatic heterocycles. The van der Waals surface area contributed by atoms with Gasteiger partial charge in [-0.25, -0.2) is 4.98 Å². The molecule has 0 saturated carbocycles. The first kappa shape index (κ1) is 20.9. The molecule has 0 aliphatic rings. The van der Waals surface area contributed by atoms with Crippen molar-refractivity contribution in [1.29, 1.82) is 0 Å². The number of aryl methyl sites for hydroxylation is 2. The fourth-order valence-corrected chi connectivity index (χ4v) is 3.94. The van der Waals surface area contributed by atoms with E-state index in [1.54, 1.807) is 29.8 Å². The second kappa shape index (κ2) is 9.12. The van der Waals surface area contributed by atoms with Crippen LogP contribution in [0, 0.1) is 13.8 Å². The first-order valence-electron chi connectivity index (χ1n) is 9.15. The monoisotopic (exact) mass is 421 g/mol. The molecule has 0 fully saturated rings. The lowest BCUT2D eigenvalue weighted by Crippen LogP contribution is -2.05. The van der Waals surface area contributed by atoms with Gasteiger partial charge in [0.2, 0.25) is 0 Å². The average Bonchev–Trinajstić information content (AvgIpc) is 3.24. The molecule has 0 aliphatic carbocycles. The molecule has 148 valence electrons. The van der Waals surface area contributed by atoms with E-state index in [4.69, 9.17) is 0 Å². The molecule has 0 spiro atoms. The van der Waals surface area contributed by atoms with E-state index in [0.29, 0.717) is 6.42 Å². The third-order valence-electron chi connectivity index (χ3n) is 4.87. The smallest absolute Gasteiger partial charge is 0.167 e. The number of thiazole rings is 1. The van der Waals surface area contributed by atoms with Gasteiger partial charge in [0.05, 0.1) is 0 Å². The molecule has 4 rings (SSSR count). The minimum atomic E-state index is 0. The number of ketones is 1. The summed E-state index contributed by atoms with van der Waals surface area (Å²) in [7, 11) is 0. The van der Waals surface area contributed by atoms with Crippen molar-refractivity contribution in [2.75, 3.05) is 0 Å². The van der Waals surface area contributed by atoms with Crippen molar-refractivity contribution in [2.45, 2.75) is 20.3 Å². The summed E-state index contributed by atoms with van der Waals surface area (Å²) in [6.45, 7) is 4.03. The number of halogens is 1. The predicted octanol–water partition coefficient (Wildman–Crippen LogP) is 6.45. The summed E-state index contributed by atoms with van der Waals surface area (Å²) in [5.74, 6) is 0.120. The molecule has 0 unspecified atom stereocenters. The van der Waals surface area contributed by atoms with Gasteiger partial charge in [-0.15, -0.1) is 23.7 Å². The van der Waals surface area contributed by atoms with Gasteiger partial charge in [0, 0.05) is 41.5 Å². The van der Waals surface area contributed by atoms with Gasteiger partial charge >= 0.3 is 0 Å². The molecular weight excluding hydrogens is 400 g/mol. The zero-order valence-corrected chi connectivity index (χ0v) is 17.9. The van der Waals surface area contributed by atoms with E-state index in [0.717, 1.165) is 32.8 Å². The second-order valence-corrected chi connectivity index (χ2v) is 7.75. The van der Waals surface area contributed by atoms with E-state index >= 15 is 0 Å². The number of pyridine rings is 1. The average molecular weight is 422 g/mol. The number of carbonyl (C=O) groups excluding carboxylic acids is 1. The van der Waals surface area contributed by atoms with Gasteiger partial charge < -0.3 is 1.43 Å². The maximum atomic E-state index is 12.6. The Labute approximate surface area is 182 Å². The normalized spacial score (nSPS) is 10.4. The fourth-order valence-electron chi connectivity index (χ4n) is 3.30. The van der Waals surface area contributed by atoms with Gasteiger partial charge in [-0.2, -0.15) is 0 Å². The molecule has 29 heavy (non-hydrogen) atoms. The van der Waals surface area contributed by atoms with Crippen molar-refractivity contribution in [2.24, 2.45) is 0 Å². The Hall–Kier alpha value is -2.82. The Bertz CT molecular complexity index is 1130. The Morgan fingerprint density at radius 3 is 2.41 bits per heavy atom. The lowest BCUT2D eigenvalue weighted by atomic mass is 9.95. The third kappa shape index (κ3) is 4.61. The standard InChI is InChI=1S/C24H20N2OS.ClH.H/c1-16-3-6-20(24-26-11-12-28-24)14-22(16)19-7-4-18(5-8-19)13-23(27)21-9-10-25-15-17(21)2;;/h3-12,14-15H,13H2,1-2H3;1H;/q;;-1. The second-order valence-electron chi connectivity index (χ2n) is 6.85. The predicted molar refractivity (Wildman–Crippen MR) is 123 cm³/mol. The number of hydrogen-bond acceptors (Lipinski definition) is 4. The van der Waals surface area contributed by atoms with Crippen LogP contribution in [0.2, 0.25) is 0 Å². The first-order chi connectivity index (χ1) is 13.6. The molecule has 2 heterocycles. The Balaban J connectivity index is 0.00000160. The minimum absolute atomic E-state index is 0. The van der Waals surface area contributed by atoms with Gasteiger partial charge in [-0.1, -0.05) is 36.4 Å². The molecule has 2 aromatic carbocycles. The van der Waals surface area contributed by atoms with E-state index in [2.05, 4.69) is 47.2 Å². The molecule has 0 N–H and O–H groups in total. The van der Waals surface area contributed by atoms with Gasteiger partial charge in [-0.3, -0.25) is 9.78 Å². The van der Waals surface area contributed by atoms with E-state index in [1.807, 2.05) is 30.6 Å². The van der Waals surface area contributed by atoms with Crippen LogP contribution in [-0.2, 0) is 6.42 Å². The summed E-state index contributed by atoms with van der Waals surface area (Å²) in [5.41, 5.74) is 7.35. The van der Waals surface area contributed by atoms with E-state index in [9.17, 15) is 4.79 Å². The van der Waals surface area contributed by atoms with Crippen LogP contribution in [0.5, 0.6) is 0 Å². The largest absolute Gasteiger partial charge is 1.00 e. The zero-order chi connectivity index (χ0) is 19.5. The summed E-state index contributed by atoms with van der Waals surface area (Å²) in [6.07, 6.45) is 5.62. The third-order valence-corrected chi connectivity index (χ3v) is 5.69. The zero-order valence-electron chi connectivity index (χ0n) is 17.3. The SMILES string of the molecule is Cc1cnccc1C(=O)Cc1ccc(-c2cc(-c3nccs3)ccc2C)cc1.Cl.[H-]. The Kier molecular flexibility index (Phi) is 6.57. The van der Waals surface area contributed by atoms with Gasteiger partial charge in [0.1, 0.15) is 5.01 Å². The van der Waals surface area contributed by atoms with Crippen LogP contribution in [0.25, 0.3) is 21.7 Å². The molecule has 0 atom stereocenters. The van der Waals surface area contributed by atoms with Crippen molar-refractivity contribution < 1.29 is 6.22 Å². The van der Waals surface area contributed by atoms with E-state index < -0.39 is 0 Å². The number of benzene rings is 2. The van der Waals surface area contributed by atoms with Crippen LogP contribution in [0.15, 0.2) is 72.5 Å². The van der Waals surface area contributed by atoms with Crippen LogP contribution in [0.3, 0.4) is 0 Å². The molecule has 0 aliphatic heterocycles. The molecule has 4 aromatic rings. The topological polar surface area (TPSA) is 42.9 Å². The number of aromatic nitrogens is 2. The molecular formula is C24H22ClN2OS-. The Morgan fingerprint density at radius 1 is 0.966 bits per heavy atom. The molecule has 5 heteroatoms. The number of Topliss-reactive ketones (excluding diaryl/α,β-unsaturated/α-hetero) is 1. The van der Waals surface area contributed by atoms with Crippen molar-refractivity contribution in [3.05, 3.63) is 94.8 Å². The van der Waals surface area contributed by atoms with Crippen molar-refractivity contribution in [3.8, 4) is 21.7 Å². The van der Waals surface area contributed by atoms with Gasteiger partial charge in [0.25, 0.3) is 0 Å². The van der Waals surface area contributed by atoms with Crippen LogP contribution in [0.4, 0.5) is 0 Å². The summed E-state index contributed by atoms with van der Waals surface area (Å²) in [5, 5.41) is 3.02. The highest BCUT2D eigenvalue weighted by molar-refractivity contribution is 7.13. The minimum Gasteiger partial charge on any atom is -1.00 e. The lowest BCUT2D eigenvalue weighted by Gasteiger charge is -2.10.